The average molecular weight is 224 g/mol. The van der Waals surface area contributed by atoms with Crippen LogP contribution in [0.1, 0.15) is 11.3 Å². The van der Waals surface area contributed by atoms with Crippen LogP contribution in [0.3, 0.4) is 0 Å². The van der Waals surface area contributed by atoms with Gasteiger partial charge in [-0.15, -0.1) is 0 Å². The van der Waals surface area contributed by atoms with Gasteiger partial charge in [-0.1, -0.05) is 18.2 Å². The van der Waals surface area contributed by atoms with E-state index in [1.807, 2.05) is 36.4 Å². The first-order valence-corrected chi connectivity index (χ1v) is 5.49. The summed E-state index contributed by atoms with van der Waals surface area (Å²) in [5.74, 6) is 1.47. The molecule has 0 unspecified atom stereocenters. The van der Waals surface area contributed by atoms with Gasteiger partial charge in [0.1, 0.15) is 11.6 Å². The second-order valence-corrected chi connectivity index (χ2v) is 3.98. The van der Waals surface area contributed by atoms with E-state index in [1.165, 1.54) is 0 Å². The summed E-state index contributed by atoms with van der Waals surface area (Å²) in [7, 11) is 0. The van der Waals surface area contributed by atoms with Crippen molar-refractivity contribution in [3.8, 4) is 0 Å². The van der Waals surface area contributed by atoms with Crippen LogP contribution in [0.25, 0.3) is 10.9 Å². The lowest BCUT2D eigenvalue weighted by Gasteiger charge is -2.05. The molecule has 2 N–H and O–H groups in total. The van der Waals surface area contributed by atoms with E-state index in [1.54, 1.807) is 6.26 Å². The lowest BCUT2D eigenvalue weighted by Crippen LogP contribution is -1.98. The van der Waals surface area contributed by atoms with E-state index < -0.39 is 0 Å². The number of hydrogen-bond donors (Lipinski definition) is 1. The summed E-state index contributed by atoms with van der Waals surface area (Å²) in [4.78, 5) is 4.39. The number of anilines is 1. The molecule has 2 heterocycles. The first-order valence-electron chi connectivity index (χ1n) is 5.49. The Morgan fingerprint density at radius 1 is 1.12 bits per heavy atom. The van der Waals surface area contributed by atoms with Crippen LogP contribution in [0.2, 0.25) is 0 Å². The number of nitrogens with two attached hydrogens (primary N) is 1. The second-order valence-electron chi connectivity index (χ2n) is 3.98. The number of fused-ring (bicyclic) bond motifs is 1. The van der Waals surface area contributed by atoms with Gasteiger partial charge in [0.05, 0.1) is 11.8 Å². The standard InChI is InChI=1S/C14H12N2O/c15-14-11(9-12-5-3-7-17-12)8-10-4-1-2-6-13(10)16-14/h1-8H,9H2,(H2,15,16). The number of furan rings is 1. The van der Waals surface area contributed by atoms with Crippen LogP contribution < -0.4 is 5.73 Å². The van der Waals surface area contributed by atoms with E-state index >= 15 is 0 Å². The van der Waals surface area contributed by atoms with Gasteiger partial charge in [-0.3, -0.25) is 0 Å². The molecule has 0 aliphatic carbocycles. The fourth-order valence-corrected chi connectivity index (χ4v) is 1.92. The van der Waals surface area contributed by atoms with E-state index in [2.05, 4.69) is 11.1 Å². The predicted octanol–water partition coefficient (Wildman–Crippen LogP) is 3.00. The third kappa shape index (κ3) is 1.87. The molecule has 0 fully saturated rings. The van der Waals surface area contributed by atoms with E-state index in [0.717, 1.165) is 22.2 Å². The van der Waals surface area contributed by atoms with Crippen LogP contribution >= 0.6 is 0 Å². The number of pyridine rings is 1. The number of nitrogens with zero attached hydrogens (tertiary/aromatic N) is 1. The Balaban J connectivity index is 2.07. The van der Waals surface area contributed by atoms with Gasteiger partial charge in [0, 0.05) is 17.4 Å². The maximum atomic E-state index is 5.95. The summed E-state index contributed by atoms with van der Waals surface area (Å²) in [6.07, 6.45) is 2.34. The van der Waals surface area contributed by atoms with E-state index in [4.69, 9.17) is 10.2 Å². The van der Waals surface area contributed by atoms with Gasteiger partial charge >= 0.3 is 0 Å². The molecule has 84 valence electrons. The van der Waals surface area contributed by atoms with Crippen LogP contribution in [0, 0.1) is 0 Å². The van der Waals surface area contributed by atoms with Crippen molar-refractivity contribution in [1.29, 1.82) is 0 Å². The highest BCUT2D eigenvalue weighted by Gasteiger charge is 2.06. The zero-order valence-corrected chi connectivity index (χ0v) is 9.26. The molecular weight excluding hydrogens is 212 g/mol. The molecule has 0 saturated heterocycles. The van der Waals surface area contributed by atoms with E-state index in [9.17, 15) is 0 Å². The Morgan fingerprint density at radius 3 is 2.82 bits per heavy atom. The monoisotopic (exact) mass is 224 g/mol. The number of benzene rings is 1. The van der Waals surface area contributed by atoms with Crippen molar-refractivity contribution in [2.75, 3.05) is 5.73 Å². The largest absolute Gasteiger partial charge is 0.469 e. The van der Waals surface area contributed by atoms with Crippen molar-refractivity contribution in [2.24, 2.45) is 0 Å². The van der Waals surface area contributed by atoms with Crippen LogP contribution in [0.5, 0.6) is 0 Å². The minimum Gasteiger partial charge on any atom is -0.469 e. The first-order chi connectivity index (χ1) is 8.33. The molecule has 2 aromatic heterocycles. The molecule has 0 amide bonds. The Hall–Kier alpha value is -2.29. The van der Waals surface area contributed by atoms with Gasteiger partial charge in [0.2, 0.25) is 0 Å². The summed E-state index contributed by atoms with van der Waals surface area (Å²) in [6, 6.07) is 13.8. The predicted molar refractivity (Wildman–Crippen MR) is 67.7 cm³/mol. The first kappa shape index (κ1) is 9.90. The van der Waals surface area contributed by atoms with Gasteiger partial charge in [-0.05, 0) is 24.3 Å². The second kappa shape index (κ2) is 3.94. The lowest BCUT2D eigenvalue weighted by atomic mass is 10.1. The summed E-state index contributed by atoms with van der Waals surface area (Å²) in [6.45, 7) is 0. The minimum atomic E-state index is 0.570. The smallest absolute Gasteiger partial charge is 0.127 e. The molecule has 3 rings (SSSR count). The number of aromatic nitrogens is 1. The highest BCUT2D eigenvalue weighted by atomic mass is 16.3. The van der Waals surface area contributed by atoms with Gasteiger partial charge in [0.15, 0.2) is 0 Å². The highest BCUT2D eigenvalue weighted by molar-refractivity contribution is 5.81. The summed E-state index contributed by atoms with van der Waals surface area (Å²) in [5.41, 5.74) is 7.87. The molecule has 17 heavy (non-hydrogen) atoms. The van der Waals surface area contributed by atoms with Crippen LogP contribution in [0.15, 0.2) is 53.1 Å². The zero-order chi connectivity index (χ0) is 11.7. The Morgan fingerprint density at radius 2 is 2.00 bits per heavy atom. The quantitative estimate of drug-likeness (QED) is 0.728. The third-order valence-corrected chi connectivity index (χ3v) is 2.78. The maximum absolute atomic E-state index is 5.95. The Labute approximate surface area is 98.9 Å². The van der Waals surface area contributed by atoms with Crippen LogP contribution in [-0.4, -0.2) is 4.98 Å². The zero-order valence-electron chi connectivity index (χ0n) is 9.26. The van der Waals surface area contributed by atoms with Gasteiger partial charge in [-0.25, -0.2) is 4.98 Å². The SMILES string of the molecule is Nc1nc2ccccc2cc1Cc1ccco1. The molecule has 3 aromatic rings. The van der Waals surface area contributed by atoms with Crippen molar-refractivity contribution in [1.82, 2.24) is 4.98 Å². The number of hydrogen-bond acceptors (Lipinski definition) is 3. The van der Waals surface area contributed by atoms with Crippen molar-refractivity contribution in [3.63, 3.8) is 0 Å². The Kier molecular flexibility index (Phi) is 2.29. The summed E-state index contributed by atoms with van der Waals surface area (Å²) >= 11 is 0. The fraction of sp³-hybridized carbons (Fsp3) is 0.0714. The highest BCUT2D eigenvalue weighted by Crippen LogP contribution is 2.20. The fourth-order valence-electron chi connectivity index (χ4n) is 1.92. The molecular formula is C14H12N2O. The molecule has 3 heteroatoms. The molecule has 0 aliphatic heterocycles. The maximum Gasteiger partial charge on any atom is 0.127 e. The molecule has 0 aliphatic rings. The third-order valence-electron chi connectivity index (χ3n) is 2.78. The van der Waals surface area contributed by atoms with Crippen molar-refractivity contribution < 1.29 is 4.42 Å². The molecule has 0 radical (unpaired) electrons. The van der Waals surface area contributed by atoms with Gasteiger partial charge < -0.3 is 10.2 Å². The summed E-state index contributed by atoms with van der Waals surface area (Å²) in [5, 5.41) is 1.10. The molecule has 1 aromatic carbocycles. The van der Waals surface area contributed by atoms with Crippen LogP contribution in [-0.2, 0) is 6.42 Å². The van der Waals surface area contributed by atoms with E-state index in [0.29, 0.717) is 12.2 Å². The Bertz CT molecular complexity index is 644. The number of para-hydroxylation sites is 1. The van der Waals surface area contributed by atoms with Crippen molar-refractivity contribution in [3.05, 3.63) is 60.1 Å². The summed E-state index contributed by atoms with van der Waals surface area (Å²) < 4.78 is 5.32. The normalized spacial score (nSPS) is 10.8. The van der Waals surface area contributed by atoms with E-state index in [-0.39, 0.29) is 0 Å². The number of nitrogen functional groups attached to an aromatic ring is 1. The van der Waals surface area contributed by atoms with Crippen LogP contribution in [0.4, 0.5) is 5.82 Å². The molecule has 0 spiro atoms. The van der Waals surface area contributed by atoms with Crippen molar-refractivity contribution >= 4 is 16.7 Å². The molecule has 3 nitrogen and oxygen atoms in total. The average Bonchev–Trinajstić information content (AvgIpc) is 2.83. The van der Waals surface area contributed by atoms with Gasteiger partial charge in [-0.2, -0.15) is 0 Å². The van der Waals surface area contributed by atoms with Crippen molar-refractivity contribution in [2.45, 2.75) is 6.42 Å². The molecule has 0 atom stereocenters. The number of rotatable bonds is 2. The van der Waals surface area contributed by atoms with Gasteiger partial charge in [0.25, 0.3) is 0 Å². The topological polar surface area (TPSA) is 52.0 Å². The minimum absolute atomic E-state index is 0.570. The molecule has 0 bridgehead atoms. The molecule has 0 saturated carbocycles. The lowest BCUT2D eigenvalue weighted by molar-refractivity contribution is 0.521.